The fourth-order valence-corrected chi connectivity index (χ4v) is 3.64. The monoisotopic (exact) mass is 389 g/mol. The topological polar surface area (TPSA) is 91.0 Å². The first-order valence-corrected chi connectivity index (χ1v) is 9.70. The number of benzene rings is 1. The summed E-state index contributed by atoms with van der Waals surface area (Å²) in [4.78, 5) is 31.4. The maximum atomic E-state index is 13.6. The number of hydrogen-bond acceptors (Lipinski definition) is 4. The summed E-state index contributed by atoms with van der Waals surface area (Å²) in [5.41, 5.74) is 3.58. The molecule has 7 heteroatoms. The Kier molecular flexibility index (Phi) is 5.37. The zero-order valence-electron chi connectivity index (χ0n) is 16.3. The molecular weight excluding hydrogens is 366 g/mol. The molecule has 29 heavy (non-hydrogen) atoms. The van der Waals surface area contributed by atoms with Crippen molar-refractivity contribution in [2.24, 2.45) is 0 Å². The van der Waals surface area contributed by atoms with Gasteiger partial charge < -0.3 is 10.2 Å². The van der Waals surface area contributed by atoms with Gasteiger partial charge in [-0.05, 0) is 25.5 Å². The van der Waals surface area contributed by atoms with Gasteiger partial charge in [-0.15, -0.1) is 0 Å². The van der Waals surface area contributed by atoms with Crippen molar-refractivity contribution in [1.82, 2.24) is 25.4 Å². The molecule has 3 heterocycles. The Labute approximate surface area is 169 Å². The third-order valence-electron chi connectivity index (χ3n) is 5.10. The minimum atomic E-state index is -0.123. The van der Waals surface area contributed by atoms with Crippen LogP contribution in [0.2, 0.25) is 0 Å². The van der Waals surface area contributed by atoms with Crippen LogP contribution in [-0.2, 0) is 11.3 Å². The molecule has 1 atom stereocenters. The summed E-state index contributed by atoms with van der Waals surface area (Å²) in [5.74, 6) is -0.0911. The lowest BCUT2D eigenvalue weighted by molar-refractivity contribution is -0.119. The molecule has 0 aliphatic carbocycles. The minimum absolute atomic E-state index is 0.0321. The van der Waals surface area contributed by atoms with Crippen molar-refractivity contribution < 1.29 is 9.59 Å². The molecule has 1 fully saturated rings. The SMILES string of the molecule is Cc1[nH]nc(-c2ccccc2)c1C(=O)N(Cc1ccccn1)C[C@@H]1CCC(=O)N1. The summed E-state index contributed by atoms with van der Waals surface area (Å²) in [6.07, 6.45) is 2.94. The fourth-order valence-electron chi connectivity index (χ4n) is 3.64. The highest BCUT2D eigenvalue weighted by Crippen LogP contribution is 2.26. The lowest BCUT2D eigenvalue weighted by Gasteiger charge is -2.26. The van der Waals surface area contributed by atoms with Gasteiger partial charge in [0.05, 0.1) is 17.8 Å². The first kappa shape index (κ1) is 18.9. The van der Waals surface area contributed by atoms with Crippen molar-refractivity contribution in [3.63, 3.8) is 0 Å². The highest BCUT2D eigenvalue weighted by Gasteiger charge is 2.29. The van der Waals surface area contributed by atoms with E-state index in [1.54, 1.807) is 11.1 Å². The van der Waals surface area contributed by atoms with Crippen molar-refractivity contribution in [3.8, 4) is 11.3 Å². The molecule has 1 aromatic carbocycles. The molecule has 3 aromatic rings. The van der Waals surface area contributed by atoms with Crippen LogP contribution in [0.3, 0.4) is 0 Å². The van der Waals surface area contributed by atoms with Gasteiger partial charge in [0.25, 0.3) is 5.91 Å². The van der Waals surface area contributed by atoms with E-state index < -0.39 is 0 Å². The summed E-state index contributed by atoms with van der Waals surface area (Å²) in [5, 5.41) is 10.3. The molecule has 7 nitrogen and oxygen atoms in total. The molecule has 1 aliphatic rings. The maximum absolute atomic E-state index is 13.6. The van der Waals surface area contributed by atoms with E-state index >= 15 is 0 Å². The Morgan fingerprint density at radius 2 is 1.97 bits per heavy atom. The van der Waals surface area contributed by atoms with E-state index in [1.165, 1.54) is 0 Å². The van der Waals surface area contributed by atoms with E-state index in [-0.39, 0.29) is 17.9 Å². The van der Waals surface area contributed by atoms with E-state index in [4.69, 9.17) is 0 Å². The Morgan fingerprint density at radius 3 is 2.66 bits per heavy atom. The predicted octanol–water partition coefficient (Wildman–Crippen LogP) is 2.70. The molecule has 2 aromatic heterocycles. The van der Waals surface area contributed by atoms with Crippen LogP contribution < -0.4 is 5.32 Å². The quantitative estimate of drug-likeness (QED) is 0.678. The van der Waals surface area contributed by atoms with Gasteiger partial charge in [0.2, 0.25) is 5.91 Å². The van der Waals surface area contributed by atoms with Crippen LogP contribution in [0.15, 0.2) is 54.7 Å². The van der Waals surface area contributed by atoms with E-state index in [0.717, 1.165) is 23.4 Å². The molecule has 2 amide bonds. The number of carbonyl (C=O) groups excluding carboxylic acids is 2. The summed E-state index contributed by atoms with van der Waals surface area (Å²) in [7, 11) is 0. The first-order chi connectivity index (χ1) is 14.1. The van der Waals surface area contributed by atoms with Crippen molar-refractivity contribution in [1.29, 1.82) is 0 Å². The largest absolute Gasteiger partial charge is 0.352 e. The molecular formula is C22H23N5O2. The number of nitrogens with one attached hydrogen (secondary N) is 2. The fraction of sp³-hybridized carbons (Fsp3) is 0.273. The number of rotatable bonds is 6. The summed E-state index contributed by atoms with van der Waals surface area (Å²) < 4.78 is 0. The van der Waals surface area contributed by atoms with E-state index in [2.05, 4.69) is 20.5 Å². The number of aryl methyl sites for hydroxylation is 1. The van der Waals surface area contributed by atoms with Crippen LogP contribution in [0.4, 0.5) is 0 Å². The van der Waals surface area contributed by atoms with Gasteiger partial charge in [-0.1, -0.05) is 36.4 Å². The summed E-state index contributed by atoms with van der Waals surface area (Å²) >= 11 is 0. The zero-order chi connectivity index (χ0) is 20.2. The minimum Gasteiger partial charge on any atom is -0.352 e. The number of H-pyrrole nitrogens is 1. The second kappa shape index (κ2) is 8.26. The Hall–Kier alpha value is -3.48. The Balaban J connectivity index is 1.66. The van der Waals surface area contributed by atoms with Gasteiger partial charge in [0.1, 0.15) is 5.69 Å². The van der Waals surface area contributed by atoms with E-state index in [0.29, 0.717) is 30.8 Å². The average molecular weight is 389 g/mol. The van der Waals surface area contributed by atoms with Crippen molar-refractivity contribution in [2.75, 3.05) is 6.54 Å². The zero-order valence-corrected chi connectivity index (χ0v) is 16.3. The number of nitrogens with zero attached hydrogens (tertiary/aromatic N) is 3. The van der Waals surface area contributed by atoms with E-state index in [9.17, 15) is 9.59 Å². The molecule has 0 radical (unpaired) electrons. The van der Waals surface area contributed by atoms with Crippen LogP contribution >= 0.6 is 0 Å². The standard InChI is InChI=1S/C22H23N5O2/c1-15-20(21(26-25-15)16-7-3-2-4-8-16)22(29)27(13-17-9-5-6-12-23-17)14-18-10-11-19(28)24-18/h2-9,12,18H,10-11,13-14H2,1H3,(H,24,28)(H,25,26)/t18-/m0/s1. The highest BCUT2D eigenvalue weighted by molar-refractivity contribution is 6.01. The third kappa shape index (κ3) is 4.18. The normalized spacial score (nSPS) is 15.9. The smallest absolute Gasteiger partial charge is 0.258 e. The summed E-state index contributed by atoms with van der Waals surface area (Å²) in [6, 6.07) is 15.2. The van der Waals surface area contributed by atoms with Crippen LogP contribution in [0.25, 0.3) is 11.3 Å². The molecule has 4 rings (SSSR count). The van der Waals surface area contributed by atoms with Crippen molar-refractivity contribution >= 4 is 11.8 Å². The average Bonchev–Trinajstić information content (AvgIpc) is 3.33. The lowest BCUT2D eigenvalue weighted by Crippen LogP contribution is -2.42. The van der Waals surface area contributed by atoms with Gasteiger partial charge in [-0.2, -0.15) is 5.10 Å². The molecule has 0 saturated carbocycles. The summed E-state index contributed by atoms with van der Waals surface area (Å²) in [6.45, 7) is 2.65. The highest BCUT2D eigenvalue weighted by atomic mass is 16.2. The molecule has 0 bridgehead atoms. The number of amides is 2. The van der Waals surface area contributed by atoms with Crippen LogP contribution in [0.5, 0.6) is 0 Å². The van der Waals surface area contributed by atoms with Gasteiger partial charge in [-0.25, -0.2) is 0 Å². The number of pyridine rings is 1. The maximum Gasteiger partial charge on any atom is 0.258 e. The number of hydrogen-bond donors (Lipinski definition) is 2. The molecule has 1 saturated heterocycles. The molecule has 2 N–H and O–H groups in total. The number of carbonyl (C=O) groups is 2. The molecule has 148 valence electrons. The van der Waals surface area contributed by atoms with Crippen molar-refractivity contribution in [2.45, 2.75) is 32.4 Å². The Bertz CT molecular complexity index is 1000. The van der Waals surface area contributed by atoms with Gasteiger partial charge >= 0.3 is 0 Å². The molecule has 1 aliphatic heterocycles. The van der Waals surface area contributed by atoms with Crippen LogP contribution in [-0.4, -0.2) is 44.5 Å². The van der Waals surface area contributed by atoms with Gasteiger partial charge in [-0.3, -0.25) is 19.7 Å². The number of aromatic nitrogens is 3. The Morgan fingerprint density at radius 1 is 1.17 bits per heavy atom. The van der Waals surface area contributed by atoms with Crippen LogP contribution in [0.1, 0.15) is 34.6 Å². The molecule has 0 spiro atoms. The van der Waals surface area contributed by atoms with Crippen molar-refractivity contribution in [3.05, 3.63) is 71.7 Å². The molecule has 0 unspecified atom stereocenters. The van der Waals surface area contributed by atoms with E-state index in [1.807, 2.05) is 55.5 Å². The first-order valence-electron chi connectivity index (χ1n) is 9.70. The number of aromatic amines is 1. The predicted molar refractivity (Wildman–Crippen MR) is 109 cm³/mol. The van der Waals surface area contributed by atoms with Crippen LogP contribution in [0, 0.1) is 6.92 Å². The third-order valence-corrected chi connectivity index (χ3v) is 5.10. The lowest BCUT2D eigenvalue weighted by atomic mass is 10.0. The second-order valence-corrected chi connectivity index (χ2v) is 7.25. The van der Waals surface area contributed by atoms with Gasteiger partial charge in [0, 0.05) is 36.5 Å². The van der Waals surface area contributed by atoms with Gasteiger partial charge in [0.15, 0.2) is 0 Å². The second-order valence-electron chi connectivity index (χ2n) is 7.25.